The van der Waals surface area contributed by atoms with E-state index in [1.807, 2.05) is 6.07 Å². The first kappa shape index (κ1) is 13.4. The van der Waals surface area contributed by atoms with Crippen LogP contribution in [0.25, 0.3) is 0 Å². The van der Waals surface area contributed by atoms with E-state index in [0.717, 1.165) is 26.1 Å². The molecule has 1 fully saturated rings. The molecule has 0 spiro atoms. The molecule has 1 aromatic rings. The molecule has 1 saturated heterocycles. The smallest absolute Gasteiger partial charge is 0.319 e. The van der Waals surface area contributed by atoms with Crippen LogP contribution < -0.4 is 10.6 Å². The van der Waals surface area contributed by atoms with E-state index in [4.69, 9.17) is 10.00 Å². The number of hydrogen-bond acceptors (Lipinski definition) is 3. The molecule has 0 aromatic heterocycles. The Morgan fingerprint density at radius 3 is 2.84 bits per heavy atom. The summed E-state index contributed by atoms with van der Waals surface area (Å²) in [6.45, 7) is 2.18. The average Bonchev–Trinajstić information content (AvgIpc) is 2.47. The van der Waals surface area contributed by atoms with E-state index in [2.05, 4.69) is 10.6 Å². The lowest BCUT2D eigenvalue weighted by molar-refractivity contribution is 0.0671. The van der Waals surface area contributed by atoms with Crippen LogP contribution in [0.5, 0.6) is 0 Å². The van der Waals surface area contributed by atoms with E-state index in [-0.39, 0.29) is 6.03 Å². The number of nitrogens with zero attached hydrogens (tertiary/aromatic N) is 1. The molecule has 1 aromatic carbocycles. The maximum atomic E-state index is 11.8. The summed E-state index contributed by atoms with van der Waals surface area (Å²) in [6, 6.07) is 8.72. The second-order valence-electron chi connectivity index (χ2n) is 4.55. The summed E-state index contributed by atoms with van der Waals surface area (Å²) in [4.78, 5) is 11.8. The number of rotatable bonds is 3. The number of para-hydroxylation sites is 1. The van der Waals surface area contributed by atoms with Gasteiger partial charge in [-0.1, -0.05) is 12.1 Å². The zero-order valence-electron chi connectivity index (χ0n) is 10.7. The first-order chi connectivity index (χ1) is 9.29. The maximum absolute atomic E-state index is 11.8. The van der Waals surface area contributed by atoms with Gasteiger partial charge in [-0.15, -0.1) is 0 Å². The lowest BCUT2D eigenvalue weighted by atomic mass is 10.0. The Morgan fingerprint density at radius 2 is 2.11 bits per heavy atom. The van der Waals surface area contributed by atoms with E-state index >= 15 is 0 Å². The van der Waals surface area contributed by atoms with Gasteiger partial charge in [-0.05, 0) is 30.9 Å². The van der Waals surface area contributed by atoms with E-state index in [9.17, 15) is 4.79 Å². The molecule has 0 unspecified atom stereocenters. The third-order valence-electron chi connectivity index (χ3n) is 3.19. The van der Waals surface area contributed by atoms with Crippen LogP contribution in [-0.2, 0) is 4.74 Å². The third kappa shape index (κ3) is 3.97. The van der Waals surface area contributed by atoms with Crippen molar-refractivity contribution >= 4 is 11.7 Å². The summed E-state index contributed by atoms with van der Waals surface area (Å²) in [5.74, 6) is 0.478. The summed E-state index contributed by atoms with van der Waals surface area (Å²) < 4.78 is 5.27. The summed E-state index contributed by atoms with van der Waals surface area (Å²) >= 11 is 0. The van der Waals surface area contributed by atoms with Gasteiger partial charge < -0.3 is 15.4 Å². The van der Waals surface area contributed by atoms with Crippen LogP contribution in [0, 0.1) is 17.2 Å². The quantitative estimate of drug-likeness (QED) is 0.873. The molecule has 0 aliphatic carbocycles. The molecule has 2 N–H and O–H groups in total. The molecule has 1 aliphatic heterocycles. The zero-order valence-corrected chi connectivity index (χ0v) is 10.7. The number of amides is 2. The fourth-order valence-electron chi connectivity index (χ4n) is 2.04. The van der Waals surface area contributed by atoms with Crippen molar-refractivity contribution in [3.8, 4) is 6.07 Å². The Labute approximate surface area is 112 Å². The highest BCUT2D eigenvalue weighted by atomic mass is 16.5. The standard InChI is InChI=1S/C14H17N3O2/c15-9-12-3-1-2-4-13(12)17-14(18)16-10-11-5-7-19-8-6-11/h1-4,11H,5-8,10H2,(H2,16,17,18). The van der Waals surface area contributed by atoms with E-state index < -0.39 is 0 Å². The van der Waals surface area contributed by atoms with E-state index in [1.165, 1.54) is 0 Å². The average molecular weight is 259 g/mol. The van der Waals surface area contributed by atoms with Gasteiger partial charge in [0.25, 0.3) is 0 Å². The Morgan fingerprint density at radius 1 is 1.37 bits per heavy atom. The number of nitriles is 1. The van der Waals surface area contributed by atoms with Crippen molar-refractivity contribution in [2.24, 2.45) is 5.92 Å². The van der Waals surface area contributed by atoms with Crippen molar-refractivity contribution in [2.45, 2.75) is 12.8 Å². The molecule has 0 radical (unpaired) electrons. The van der Waals surface area contributed by atoms with Gasteiger partial charge in [0, 0.05) is 19.8 Å². The first-order valence-electron chi connectivity index (χ1n) is 6.41. The Hall–Kier alpha value is -2.06. The number of benzene rings is 1. The Bertz CT molecular complexity index is 476. The predicted molar refractivity (Wildman–Crippen MR) is 71.7 cm³/mol. The van der Waals surface area contributed by atoms with Crippen molar-refractivity contribution in [3.63, 3.8) is 0 Å². The second-order valence-corrected chi connectivity index (χ2v) is 4.55. The molecule has 1 aliphatic rings. The number of hydrogen-bond donors (Lipinski definition) is 2. The monoisotopic (exact) mass is 259 g/mol. The number of carbonyl (C=O) groups excluding carboxylic acids is 1. The van der Waals surface area contributed by atoms with E-state index in [0.29, 0.717) is 23.7 Å². The highest BCUT2D eigenvalue weighted by molar-refractivity contribution is 5.90. The largest absolute Gasteiger partial charge is 0.381 e. The summed E-state index contributed by atoms with van der Waals surface area (Å²) in [7, 11) is 0. The van der Waals surface area contributed by atoms with Crippen LogP contribution in [-0.4, -0.2) is 25.8 Å². The normalized spacial score (nSPS) is 15.5. The van der Waals surface area contributed by atoms with Crippen molar-refractivity contribution in [3.05, 3.63) is 29.8 Å². The lowest BCUT2D eigenvalue weighted by Gasteiger charge is -2.22. The number of carbonyl (C=O) groups is 1. The van der Waals surface area contributed by atoms with Gasteiger partial charge in [-0.2, -0.15) is 5.26 Å². The van der Waals surface area contributed by atoms with E-state index in [1.54, 1.807) is 24.3 Å². The molecule has 100 valence electrons. The highest BCUT2D eigenvalue weighted by Crippen LogP contribution is 2.15. The third-order valence-corrected chi connectivity index (χ3v) is 3.19. The summed E-state index contributed by atoms with van der Waals surface area (Å²) in [5, 5.41) is 14.5. The predicted octanol–water partition coefficient (Wildman–Crippen LogP) is 2.11. The first-order valence-corrected chi connectivity index (χ1v) is 6.41. The molecule has 1 heterocycles. The maximum Gasteiger partial charge on any atom is 0.319 e. The summed E-state index contributed by atoms with van der Waals surface area (Å²) in [5.41, 5.74) is 0.998. The van der Waals surface area contributed by atoms with Crippen LogP contribution in [0.1, 0.15) is 18.4 Å². The van der Waals surface area contributed by atoms with Crippen LogP contribution in [0.2, 0.25) is 0 Å². The van der Waals surface area contributed by atoms with Crippen molar-refractivity contribution in [1.82, 2.24) is 5.32 Å². The minimum Gasteiger partial charge on any atom is -0.381 e. The minimum absolute atomic E-state index is 0.269. The van der Waals surface area contributed by atoms with Gasteiger partial charge in [-0.25, -0.2) is 4.79 Å². The second kappa shape index (κ2) is 6.76. The minimum atomic E-state index is -0.269. The van der Waals surface area contributed by atoms with Gasteiger partial charge in [0.05, 0.1) is 11.3 Å². The van der Waals surface area contributed by atoms with Crippen molar-refractivity contribution in [2.75, 3.05) is 25.1 Å². The molecule has 0 saturated carbocycles. The van der Waals surface area contributed by atoms with Gasteiger partial charge in [0.15, 0.2) is 0 Å². The topological polar surface area (TPSA) is 74.2 Å². The van der Waals surface area contributed by atoms with Crippen LogP contribution in [0.4, 0.5) is 10.5 Å². The van der Waals surface area contributed by atoms with Gasteiger partial charge >= 0.3 is 6.03 Å². The van der Waals surface area contributed by atoms with Crippen LogP contribution in [0.15, 0.2) is 24.3 Å². The lowest BCUT2D eigenvalue weighted by Crippen LogP contribution is -2.35. The highest BCUT2D eigenvalue weighted by Gasteiger charge is 2.14. The van der Waals surface area contributed by atoms with Crippen molar-refractivity contribution < 1.29 is 9.53 Å². The number of urea groups is 1. The van der Waals surface area contributed by atoms with Crippen LogP contribution in [0.3, 0.4) is 0 Å². The van der Waals surface area contributed by atoms with Crippen LogP contribution >= 0.6 is 0 Å². The fraction of sp³-hybridized carbons (Fsp3) is 0.429. The Kier molecular flexibility index (Phi) is 4.76. The molecular formula is C14H17N3O2. The van der Waals surface area contributed by atoms with Gasteiger partial charge in [0.2, 0.25) is 0 Å². The number of nitrogens with one attached hydrogen (secondary N) is 2. The zero-order chi connectivity index (χ0) is 13.5. The van der Waals surface area contributed by atoms with Gasteiger partial charge in [-0.3, -0.25) is 0 Å². The Balaban J connectivity index is 1.82. The molecule has 2 amide bonds. The molecule has 0 bridgehead atoms. The molecular weight excluding hydrogens is 242 g/mol. The molecule has 2 rings (SSSR count). The number of ether oxygens (including phenoxy) is 1. The molecule has 5 nitrogen and oxygen atoms in total. The molecule has 0 atom stereocenters. The molecule has 5 heteroatoms. The fourth-order valence-corrected chi connectivity index (χ4v) is 2.04. The van der Waals surface area contributed by atoms with Gasteiger partial charge in [0.1, 0.15) is 6.07 Å². The van der Waals surface area contributed by atoms with Crippen molar-refractivity contribution in [1.29, 1.82) is 5.26 Å². The SMILES string of the molecule is N#Cc1ccccc1NC(=O)NCC1CCOCC1. The summed E-state index contributed by atoms with van der Waals surface area (Å²) in [6.07, 6.45) is 1.96. The number of anilines is 1. The molecule has 19 heavy (non-hydrogen) atoms.